The molecule has 3 aromatic heterocycles. The lowest BCUT2D eigenvalue weighted by molar-refractivity contribution is 0.0849. The molecule has 0 atom stereocenters. The van der Waals surface area contributed by atoms with Gasteiger partial charge in [0.15, 0.2) is 5.13 Å². The fourth-order valence-electron chi connectivity index (χ4n) is 5.15. The highest BCUT2D eigenvalue weighted by Gasteiger charge is 2.23. The summed E-state index contributed by atoms with van der Waals surface area (Å²) < 4.78 is 12.2. The highest BCUT2D eigenvalue weighted by molar-refractivity contribution is 7.22. The Morgan fingerprint density at radius 1 is 0.941 bits per heavy atom. The van der Waals surface area contributed by atoms with Crippen molar-refractivity contribution >= 4 is 38.3 Å². The summed E-state index contributed by atoms with van der Waals surface area (Å²) in [7, 11) is 0. The van der Waals surface area contributed by atoms with Crippen molar-refractivity contribution in [2.45, 2.75) is 38.1 Å². The van der Waals surface area contributed by atoms with Crippen molar-refractivity contribution in [3.8, 4) is 0 Å². The third-order valence-electron chi connectivity index (χ3n) is 7.04. The molecule has 1 N–H and O–H groups in total. The lowest BCUT2D eigenvalue weighted by atomic mass is 9.90. The van der Waals surface area contributed by atoms with Gasteiger partial charge in [0.1, 0.15) is 11.6 Å². The zero-order chi connectivity index (χ0) is 22.7. The van der Waals surface area contributed by atoms with Crippen LogP contribution in [0.15, 0.2) is 24.4 Å². The number of thiazole rings is 1. The second-order valence-electron chi connectivity index (χ2n) is 9.36. The molecule has 0 amide bonds. The Morgan fingerprint density at radius 2 is 1.74 bits per heavy atom. The van der Waals surface area contributed by atoms with Gasteiger partial charge in [-0.25, -0.2) is 15.0 Å². The molecule has 8 nitrogen and oxygen atoms in total. The van der Waals surface area contributed by atoms with E-state index in [9.17, 15) is 0 Å². The van der Waals surface area contributed by atoms with Gasteiger partial charge in [-0.3, -0.25) is 4.90 Å². The van der Waals surface area contributed by atoms with Crippen molar-refractivity contribution in [3.05, 3.63) is 35.7 Å². The molecule has 0 saturated carbocycles. The molecule has 0 spiro atoms. The van der Waals surface area contributed by atoms with Gasteiger partial charge in [0.2, 0.25) is 0 Å². The summed E-state index contributed by atoms with van der Waals surface area (Å²) >= 11 is 1.69. The van der Waals surface area contributed by atoms with Gasteiger partial charge >= 0.3 is 0 Å². The molecule has 6 rings (SSSR count). The third-order valence-corrected chi connectivity index (χ3v) is 8.11. The molecule has 3 fully saturated rings. The van der Waals surface area contributed by atoms with E-state index >= 15 is 0 Å². The first kappa shape index (κ1) is 22.2. The van der Waals surface area contributed by atoms with Crippen molar-refractivity contribution in [2.24, 2.45) is 0 Å². The molecular formula is C25H32N6O2S. The maximum atomic E-state index is 5.61. The Morgan fingerprint density at radius 3 is 2.56 bits per heavy atom. The predicted octanol–water partition coefficient (Wildman–Crippen LogP) is 4.16. The number of hydrogen-bond donors (Lipinski definition) is 1. The number of morpholine rings is 1. The van der Waals surface area contributed by atoms with E-state index in [1.54, 1.807) is 11.3 Å². The Kier molecular flexibility index (Phi) is 6.59. The SMILES string of the molecule is c1cc(C2CCOCC2)c(CN2CCCC2)nc1Nc1cc2nc(N3CCOCC3)sc2cn1. The monoisotopic (exact) mass is 480 g/mol. The largest absolute Gasteiger partial charge is 0.381 e. The van der Waals surface area contributed by atoms with Gasteiger partial charge in [-0.15, -0.1) is 0 Å². The molecule has 0 aliphatic carbocycles. The Labute approximate surface area is 204 Å². The number of rotatable bonds is 6. The van der Waals surface area contributed by atoms with E-state index in [1.165, 1.54) is 37.2 Å². The number of ether oxygens (including phenoxy) is 2. The van der Waals surface area contributed by atoms with E-state index in [-0.39, 0.29) is 0 Å². The molecule has 3 aliphatic rings. The van der Waals surface area contributed by atoms with Crippen molar-refractivity contribution in [2.75, 3.05) is 62.8 Å². The summed E-state index contributed by atoms with van der Waals surface area (Å²) in [5, 5.41) is 4.49. The molecule has 3 aromatic rings. The maximum absolute atomic E-state index is 5.61. The minimum absolute atomic E-state index is 0.538. The Hall–Kier alpha value is -2.33. The number of anilines is 3. The van der Waals surface area contributed by atoms with Crippen LogP contribution in [-0.4, -0.2) is 72.5 Å². The molecule has 0 radical (unpaired) electrons. The first-order chi connectivity index (χ1) is 16.8. The highest BCUT2D eigenvalue weighted by atomic mass is 32.1. The number of likely N-dealkylation sites (tertiary alicyclic amines) is 1. The van der Waals surface area contributed by atoms with Crippen LogP contribution < -0.4 is 10.2 Å². The van der Waals surface area contributed by atoms with Crippen LogP contribution in [0, 0.1) is 0 Å². The zero-order valence-corrected chi connectivity index (χ0v) is 20.4. The van der Waals surface area contributed by atoms with Gasteiger partial charge in [-0.1, -0.05) is 17.4 Å². The van der Waals surface area contributed by atoms with Crippen LogP contribution in [0.4, 0.5) is 16.8 Å². The molecule has 3 aliphatic heterocycles. The van der Waals surface area contributed by atoms with Gasteiger partial charge in [0.25, 0.3) is 0 Å². The van der Waals surface area contributed by atoms with Gasteiger partial charge in [-0.05, 0) is 56.3 Å². The average Bonchev–Trinajstić information content (AvgIpc) is 3.55. The Bertz CT molecular complexity index is 1120. The van der Waals surface area contributed by atoms with E-state index in [2.05, 4.69) is 32.2 Å². The first-order valence-electron chi connectivity index (χ1n) is 12.5. The summed E-state index contributed by atoms with van der Waals surface area (Å²) in [6, 6.07) is 6.41. The number of nitrogens with one attached hydrogen (secondary N) is 1. The van der Waals surface area contributed by atoms with Crippen LogP contribution in [0.2, 0.25) is 0 Å². The van der Waals surface area contributed by atoms with Crippen molar-refractivity contribution in [1.29, 1.82) is 0 Å². The lowest BCUT2D eigenvalue weighted by Gasteiger charge is -2.26. The molecule has 0 unspecified atom stereocenters. The van der Waals surface area contributed by atoms with Gasteiger partial charge in [-0.2, -0.15) is 0 Å². The van der Waals surface area contributed by atoms with E-state index < -0.39 is 0 Å². The average molecular weight is 481 g/mol. The van der Waals surface area contributed by atoms with Gasteiger partial charge < -0.3 is 19.7 Å². The van der Waals surface area contributed by atoms with Crippen LogP contribution in [0.5, 0.6) is 0 Å². The van der Waals surface area contributed by atoms with Crippen LogP contribution in [0.1, 0.15) is 42.9 Å². The van der Waals surface area contributed by atoms with Crippen LogP contribution in [0.25, 0.3) is 10.2 Å². The normalized spacial score (nSPS) is 20.3. The van der Waals surface area contributed by atoms with Crippen molar-refractivity contribution in [1.82, 2.24) is 19.9 Å². The summed E-state index contributed by atoms with van der Waals surface area (Å²) in [6.07, 6.45) is 6.65. The molecule has 3 saturated heterocycles. The van der Waals surface area contributed by atoms with E-state index in [1.807, 2.05) is 12.3 Å². The quantitative estimate of drug-likeness (QED) is 0.564. The molecule has 6 heterocycles. The molecule has 9 heteroatoms. The number of aromatic nitrogens is 3. The van der Waals surface area contributed by atoms with Crippen molar-refractivity contribution in [3.63, 3.8) is 0 Å². The minimum atomic E-state index is 0.538. The number of hydrogen-bond acceptors (Lipinski definition) is 9. The smallest absolute Gasteiger partial charge is 0.186 e. The van der Waals surface area contributed by atoms with E-state index in [4.69, 9.17) is 19.4 Å². The number of nitrogens with zero attached hydrogens (tertiary/aromatic N) is 5. The predicted molar refractivity (Wildman–Crippen MR) is 135 cm³/mol. The van der Waals surface area contributed by atoms with Crippen LogP contribution in [-0.2, 0) is 16.0 Å². The fraction of sp³-hybridized carbons (Fsp3) is 0.560. The summed E-state index contributed by atoms with van der Waals surface area (Å²) in [6.45, 7) is 8.25. The molecular weight excluding hydrogens is 448 g/mol. The molecule has 34 heavy (non-hydrogen) atoms. The summed E-state index contributed by atoms with van der Waals surface area (Å²) in [5.74, 6) is 2.17. The lowest BCUT2D eigenvalue weighted by Crippen LogP contribution is -2.36. The standard InChI is InChI=1S/C25H32N6O2S/c1-2-8-30(7-1)17-21-19(18-5-11-32-12-6-18)3-4-23(27-21)29-24-15-20-22(16-26-24)34-25(28-20)31-9-13-33-14-10-31/h3-4,15-16,18H,1-2,5-14,17H2,(H,26,27,29). The highest BCUT2D eigenvalue weighted by Crippen LogP contribution is 2.33. The second kappa shape index (κ2) is 10.1. The van der Waals surface area contributed by atoms with E-state index in [0.717, 1.165) is 85.9 Å². The van der Waals surface area contributed by atoms with Gasteiger partial charge in [0, 0.05) is 45.1 Å². The minimum Gasteiger partial charge on any atom is -0.381 e. The zero-order valence-electron chi connectivity index (χ0n) is 19.5. The first-order valence-corrected chi connectivity index (χ1v) is 13.3. The van der Waals surface area contributed by atoms with Crippen molar-refractivity contribution < 1.29 is 9.47 Å². The fourth-order valence-corrected chi connectivity index (χ4v) is 6.12. The topological polar surface area (TPSA) is 75.6 Å². The molecule has 180 valence electrons. The summed E-state index contributed by atoms with van der Waals surface area (Å²) in [5.41, 5.74) is 3.56. The molecule has 0 aromatic carbocycles. The summed E-state index contributed by atoms with van der Waals surface area (Å²) in [4.78, 5) is 19.4. The Balaban J connectivity index is 1.24. The van der Waals surface area contributed by atoms with Gasteiger partial charge in [0.05, 0.1) is 29.1 Å². The molecule has 0 bridgehead atoms. The maximum Gasteiger partial charge on any atom is 0.186 e. The second-order valence-corrected chi connectivity index (χ2v) is 10.4. The number of fused-ring (bicyclic) bond motifs is 1. The van der Waals surface area contributed by atoms with E-state index in [0.29, 0.717) is 5.92 Å². The van der Waals surface area contributed by atoms with Crippen LogP contribution >= 0.6 is 11.3 Å². The third kappa shape index (κ3) is 4.88. The van der Waals surface area contributed by atoms with Crippen LogP contribution in [0.3, 0.4) is 0 Å². The number of pyridine rings is 2.